The molecule has 5 nitrogen and oxygen atoms in total. The summed E-state index contributed by atoms with van der Waals surface area (Å²) >= 11 is 0. The van der Waals surface area contributed by atoms with Crippen LogP contribution >= 0.6 is 0 Å². The first kappa shape index (κ1) is 10.4. The van der Waals surface area contributed by atoms with Crippen LogP contribution in [0.3, 0.4) is 0 Å². The molecule has 0 aliphatic heterocycles. The summed E-state index contributed by atoms with van der Waals surface area (Å²) in [4.78, 5) is 4.24. The number of aryl methyl sites for hydroxylation is 2. The lowest BCUT2D eigenvalue weighted by molar-refractivity contribution is 0.376. The van der Waals surface area contributed by atoms with Crippen LogP contribution < -0.4 is 0 Å². The summed E-state index contributed by atoms with van der Waals surface area (Å²) in [5.74, 6) is 1.87. The molecule has 2 aromatic rings. The molecule has 16 heavy (non-hydrogen) atoms. The van der Waals surface area contributed by atoms with Crippen molar-refractivity contribution in [3.63, 3.8) is 0 Å². The molecule has 0 radical (unpaired) electrons. The monoisotopic (exact) mass is 217 g/mol. The predicted octanol–water partition coefficient (Wildman–Crippen LogP) is 2.48. The fourth-order valence-corrected chi connectivity index (χ4v) is 1.40. The second kappa shape index (κ2) is 4.62. The Labute approximate surface area is 92.7 Å². The maximum Gasteiger partial charge on any atom is 0.226 e. The van der Waals surface area contributed by atoms with Crippen LogP contribution in [-0.2, 0) is 6.42 Å². The summed E-state index contributed by atoms with van der Waals surface area (Å²) < 4.78 is 10.2. The van der Waals surface area contributed by atoms with Crippen LogP contribution in [0.5, 0.6) is 0 Å². The largest absolute Gasteiger partial charge is 0.469 e. The second-order valence-electron chi connectivity index (χ2n) is 3.41. The van der Waals surface area contributed by atoms with E-state index in [4.69, 9.17) is 14.2 Å². The first-order valence-electron chi connectivity index (χ1n) is 5.05. The summed E-state index contributed by atoms with van der Waals surface area (Å²) in [7, 11) is 0. The molecule has 2 rings (SSSR count). The number of hydrogen-bond acceptors (Lipinski definition) is 5. The highest BCUT2D eigenvalue weighted by Crippen LogP contribution is 2.21. The van der Waals surface area contributed by atoms with E-state index in [1.165, 1.54) is 0 Å². The van der Waals surface area contributed by atoms with Crippen LogP contribution in [0.2, 0.25) is 0 Å². The van der Waals surface area contributed by atoms with Gasteiger partial charge in [0.2, 0.25) is 11.7 Å². The Hall–Kier alpha value is -2.09. The van der Waals surface area contributed by atoms with Crippen molar-refractivity contribution >= 4 is 0 Å². The van der Waals surface area contributed by atoms with Crippen LogP contribution in [0.1, 0.15) is 24.5 Å². The van der Waals surface area contributed by atoms with Gasteiger partial charge in [-0.2, -0.15) is 10.2 Å². The summed E-state index contributed by atoms with van der Waals surface area (Å²) in [5.41, 5.74) is 0.843. The Morgan fingerprint density at radius 2 is 2.38 bits per heavy atom. The van der Waals surface area contributed by atoms with Gasteiger partial charge >= 0.3 is 0 Å². The molecule has 2 heterocycles. The molecule has 0 N–H and O–H groups in total. The molecule has 0 atom stereocenters. The lowest BCUT2D eigenvalue weighted by Crippen LogP contribution is -1.85. The summed E-state index contributed by atoms with van der Waals surface area (Å²) in [6.07, 6.45) is 3.47. The van der Waals surface area contributed by atoms with E-state index in [9.17, 15) is 0 Å². The maximum absolute atomic E-state index is 8.41. The van der Waals surface area contributed by atoms with Crippen molar-refractivity contribution in [2.75, 3.05) is 0 Å². The van der Waals surface area contributed by atoms with Gasteiger partial charge in [0.1, 0.15) is 5.76 Å². The summed E-state index contributed by atoms with van der Waals surface area (Å²) in [5, 5.41) is 12.3. The molecule has 0 saturated carbocycles. The third kappa shape index (κ3) is 2.11. The van der Waals surface area contributed by atoms with E-state index >= 15 is 0 Å². The number of nitrogens with zero attached hydrogens (tertiary/aromatic N) is 3. The molecule has 2 aromatic heterocycles. The predicted molar refractivity (Wildman–Crippen MR) is 55.3 cm³/mol. The number of rotatable bonds is 4. The Bertz CT molecular complexity index is 507. The molecular formula is C11H11N3O2. The molecule has 0 aromatic carbocycles. The van der Waals surface area contributed by atoms with Crippen molar-refractivity contribution < 1.29 is 8.94 Å². The zero-order valence-electron chi connectivity index (χ0n) is 8.93. The van der Waals surface area contributed by atoms with Gasteiger partial charge in [-0.25, -0.2) is 0 Å². The van der Waals surface area contributed by atoms with Gasteiger partial charge in [0.25, 0.3) is 0 Å². The molecule has 5 heteroatoms. The first-order chi connectivity index (χ1) is 7.81. The fourth-order valence-electron chi connectivity index (χ4n) is 1.40. The van der Waals surface area contributed by atoms with Crippen LogP contribution in [-0.4, -0.2) is 10.1 Å². The highest BCUT2D eigenvalue weighted by Gasteiger charge is 2.12. The molecular weight excluding hydrogens is 206 g/mol. The number of hydrogen-bond donors (Lipinski definition) is 0. The first-order valence-corrected chi connectivity index (χ1v) is 5.05. The zero-order valence-corrected chi connectivity index (χ0v) is 8.93. The van der Waals surface area contributed by atoms with E-state index in [2.05, 4.69) is 16.2 Å². The topological polar surface area (TPSA) is 75.8 Å². The van der Waals surface area contributed by atoms with Gasteiger partial charge in [0.05, 0.1) is 17.9 Å². The average Bonchev–Trinajstić information content (AvgIpc) is 2.87. The number of aromatic nitrogens is 2. The number of nitriles is 1. The van der Waals surface area contributed by atoms with Crippen molar-refractivity contribution in [1.29, 1.82) is 5.26 Å². The normalized spacial score (nSPS) is 10.2. The van der Waals surface area contributed by atoms with E-state index in [0.29, 0.717) is 24.6 Å². The molecule has 0 amide bonds. The van der Waals surface area contributed by atoms with Crippen LogP contribution in [0.25, 0.3) is 11.4 Å². The van der Waals surface area contributed by atoms with Gasteiger partial charge in [-0.3, -0.25) is 0 Å². The molecule has 0 saturated heterocycles. The lowest BCUT2D eigenvalue weighted by atomic mass is 10.2. The summed E-state index contributed by atoms with van der Waals surface area (Å²) in [6.45, 7) is 1.85. The third-order valence-electron chi connectivity index (χ3n) is 2.25. The molecule has 0 aliphatic rings. The van der Waals surface area contributed by atoms with E-state index in [-0.39, 0.29) is 0 Å². The van der Waals surface area contributed by atoms with E-state index in [1.54, 1.807) is 12.3 Å². The second-order valence-corrected chi connectivity index (χ2v) is 3.41. The summed E-state index contributed by atoms with van der Waals surface area (Å²) in [6, 6.07) is 3.88. The van der Waals surface area contributed by atoms with Crippen LogP contribution in [0.4, 0.5) is 0 Å². The van der Waals surface area contributed by atoms with Crippen molar-refractivity contribution in [2.24, 2.45) is 0 Å². The van der Waals surface area contributed by atoms with E-state index < -0.39 is 0 Å². The Morgan fingerprint density at radius 1 is 1.50 bits per heavy atom. The zero-order chi connectivity index (χ0) is 11.4. The highest BCUT2D eigenvalue weighted by atomic mass is 16.5. The number of furan rings is 1. The maximum atomic E-state index is 8.41. The van der Waals surface area contributed by atoms with Gasteiger partial charge in [-0.1, -0.05) is 5.16 Å². The van der Waals surface area contributed by atoms with Gasteiger partial charge in [-0.15, -0.1) is 0 Å². The van der Waals surface area contributed by atoms with Gasteiger partial charge in [0.15, 0.2) is 0 Å². The van der Waals surface area contributed by atoms with Gasteiger partial charge in [0, 0.05) is 12.8 Å². The van der Waals surface area contributed by atoms with Crippen LogP contribution in [0.15, 0.2) is 21.3 Å². The smallest absolute Gasteiger partial charge is 0.226 e. The highest BCUT2D eigenvalue weighted by molar-refractivity contribution is 5.55. The van der Waals surface area contributed by atoms with Crippen molar-refractivity contribution in [3.05, 3.63) is 24.0 Å². The molecule has 0 spiro atoms. The fraction of sp³-hybridized carbons (Fsp3) is 0.364. The standard InChI is InChI=1S/C11H11N3O2/c1-8-9(5-7-15-8)11-13-10(16-14-11)4-2-3-6-12/h5,7H,2-4H2,1H3. The van der Waals surface area contributed by atoms with Crippen molar-refractivity contribution in [3.8, 4) is 17.5 Å². The molecule has 0 aliphatic carbocycles. The molecule has 0 fully saturated rings. The minimum absolute atomic E-state index is 0.502. The number of unbranched alkanes of at least 4 members (excludes halogenated alkanes) is 1. The quantitative estimate of drug-likeness (QED) is 0.735. The van der Waals surface area contributed by atoms with Crippen molar-refractivity contribution in [2.45, 2.75) is 26.2 Å². The average molecular weight is 217 g/mol. The van der Waals surface area contributed by atoms with Gasteiger partial charge < -0.3 is 8.94 Å². The minimum Gasteiger partial charge on any atom is -0.469 e. The van der Waals surface area contributed by atoms with Crippen LogP contribution in [0, 0.1) is 18.3 Å². The SMILES string of the molecule is Cc1occc1-c1noc(CCCC#N)n1. The van der Waals surface area contributed by atoms with Gasteiger partial charge in [-0.05, 0) is 19.4 Å². The molecule has 0 unspecified atom stereocenters. The Balaban J connectivity index is 2.09. The van der Waals surface area contributed by atoms with Crippen molar-refractivity contribution in [1.82, 2.24) is 10.1 Å². The van der Waals surface area contributed by atoms with E-state index in [0.717, 1.165) is 17.7 Å². The Morgan fingerprint density at radius 3 is 3.06 bits per heavy atom. The Kier molecular flexibility index (Phi) is 3.01. The van der Waals surface area contributed by atoms with E-state index in [1.807, 2.05) is 6.92 Å². The third-order valence-corrected chi connectivity index (χ3v) is 2.25. The minimum atomic E-state index is 0.502. The molecule has 0 bridgehead atoms. The molecule has 82 valence electrons. The lowest BCUT2D eigenvalue weighted by Gasteiger charge is -1.88.